The van der Waals surface area contributed by atoms with Gasteiger partial charge in [0.2, 0.25) is 0 Å². The van der Waals surface area contributed by atoms with Crippen molar-refractivity contribution in [2.75, 3.05) is 6.61 Å². The number of aliphatic hydroxyl groups excluding tert-OH is 1. The third kappa shape index (κ3) is 1.44. The molecule has 0 spiro atoms. The third-order valence-corrected chi connectivity index (χ3v) is 3.20. The molecule has 0 saturated heterocycles. The first-order valence-electron chi connectivity index (χ1n) is 5.54. The van der Waals surface area contributed by atoms with Gasteiger partial charge in [0.1, 0.15) is 6.61 Å². The van der Waals surface area contributed by atoms with Crippen LogP contribution in [0, 0.1) is 0 Å². The van der Waals surface area contributed by atoms with Crippen LogP contribution in [-0.2, 0) is 0 Å². The number of aromatic amines is 1. The van der Waals surface area contributed by atoms with Crippen LogP contribution in [0.1, 0.15) is 34.7 Å². The van der Waals surface area contributed by atoms with E-state index in [1.165, 1.54) is 18.4 Å². The zero-order valence-corrected chi connectivity index (χ0v) is 8.86. The van der Waals surface area contributed by atoms with Crippen molar-refractivity contribution < 1.29 is 9.90 Å². The van der Waals surface area contributed by atoms with Crippen LogP contribution in [0.15, 0.2) is 24.4 Å². The number of aliphatic hydroxyl groups is 1. The number of ketones is 1. The number of Topliss-reactive ketones (excluding diaryl/α,β-unsaturated/α-hetero) is 1. The maximum absolute atomic E-state index is 11.4. The van der Waals surface area contributed by atoms with Crippen LogP contribution in [0.25, 0.3) is 10.9 Å². The molecule has 0 bridgehead atoms. The van der Waals surface area contributed by atoms with Gasteiger partial charge in [0, 0.05) is 22.7 Å². The summed E-state index contributed by atoms with van der Waals surface area (Å²) in [6.45, 7) is -0.433. The molecule has 82 valence electrons. The van der Waals surface area contributed by atoms with Crippen molar-refractivity contribution in [3.8, 4) is 0 Å². The molecule has 1 fully saturated rings. The van der Waals surface area contributed by atoms with Crippen LogP contribution in [-0.4, -0.2) is 22.5 Å². The highest BCUT2D eigenvalue weighted by Gasteiger charge is 2.24. The number of benzene rings is 1. The van der Waals surface area contributed by atoms with Gasteiger partial charge in [0.15, 0.2) is 5.78 Å². The maximum atomic E-state index is 11.4. The average molecular weight is 215 g/mol. The second-order valence-corrected chi connectivity index (χ2v) is 4.36. The Balaban J connectivity index is 2.10. The standard InChI is InChI=1S/C13H13NO2/c15-7-13(16)11-6-14-12-5-9(8-1-2-8)3-4-10(11)12/h3-6,8,14-15H,1-2,7H2. The fraction of sp³-hybridized carbons (Fsp3) is 0.308. The van der Waals surface area contributed by atoms with E-state index in [0.29, 0.717) is 11.5 Å². The van der Waals surface area contributed by atoms with E-state index in [4.69, 9.17) is 5.11 Å². The molecule has 0 aliphatic heterocycles. The minimum absolute atomic E-state index is 0.231. The molecule has 2 aromatic rings. The number of hydrogen-bond donors (Lipinski definition) is 2. The van der Waals surface area contributed by atoms with Crippen molar-refractivity contribution in [1.29, 1.82) is 0 Å². The van der Waals surface area contributed by atoms with Crippen LogP contribution in [0.3, 0.4) is 0 Å². The van der Waals surface area contributed by atoms with Gasteiger partial charge in [-0.2, -0.15) is 0 Å². The van der Waals surface area contributed by atoms with Gasteiger partial charge in [0.05, 0.1) is 0 Å². The zero-order chi connectivity index (χ0) is 11.1. The molecule has 0 atom stereocenters. The molecule has 0 radical (unpaired) electrons. The number of fused-ring (bicyclic) bond motifs is 1. The molecule has 0 unspecified atom stereocenters. The number of hydrogen-bond acceptors (Lipinski definition) is 2. The van der Waals surface area contributed by atoms with E-state index in [2.05, 4.69) is 17.1 Å². The number of carbonyl (C=O) groups is 1. The number of rotatable bonds is 3. The van der Waals surface area contributed by atoms with E-state index in [-0.39, 0.29) is 5.78 Å². The number of aromatic nitrogens is 1. The largest absolute Gasteiger partial charge is 0.388 e. The molecule has 1 saturated carbocycles. The summed E-state index contributed by atoms with van der Waals surface area (Å²) in [5, 5.41) is 9.76. The lowest BCUT2D eigenvalue weighted by molar-refractivity contribution is 0.0905. The zero-order valence-electron chi connectivity index (χ0n) is 8.86. The predicted molar refractivity (Wildman–Crippen MR) is 61.7 cm³/mol. The van der Waals surface area contributed by atoms with Gasteiger partial charge >= 0.3 is 0 Å². The minimum atomic E-state index is -0.433. The lowest BCUT2D eigenvalue weighted by Crippen LogP contribution is -2.02. The van der Waals surface area contributed by atoms with Crippen LogP contribution >= 0.6 is 0 Å². The summed E-state index contributed by atoms with van der Waals surface area (Å²) in [6, 6.07) is 6.17. The predicted octanol–water partition coefficient (Wildman–Crippen LogP) is 2.22. The minimum Gasteiger partial charge on any atom is -0.388 e. The highest BCUT2D eigenvalue weighted by atomic mass is 16.3. The van der Waals surface area contributed by atoms with Gasteiger partial charge < -0.3 is 10.1 Å². The lowest BCUT2D eigenvalue weighted by atomic mass is 10.1. The van der Waals surface area contributed by atoms with E-state index in [9.17, 15) is 4.79 Å². The van der Waals surface area contributed by atoms with E-state index in [1.54, 1.807) is 6.20 Å². The first kappa shape index (κ1) is 9.60. The summed E-state index contributed by atoms with van der Waals surface area (Å²) >= 11 is 0. The van der Waals surface area contributed by atoms with E-state index < -0.39 is 6.61 Å². The molecule has 16 heavy (non-hydrogen) atoms. The van der Waals surface area contributed by atoms with Crippen molar-refractivity contribution in [3.05, 3.63) is 35.5 Å². The van der Waals surface area contributed by atoms with Crippen molar-refractivity contribution in [2.45, 2.75) is 18.8 Å². The first-order valence-corrected chi connectivity index (χ1v) is 5.54. The summed E-state index contributed by atoms with van der Waals surface area (Å²) in [6.07, 6.45) is 4.23. The molecule has 1 aliphatic rings. The third-order valence-electron chi connectivity index (χ3n) is 3.20. The Labute approximate surface area is 93.1 Å². The van der Waals surface area contributed by atoms with Crippen LogP contribution in [0.5, 0.6) is 0 Å². The molecule has 1 aromatic carbocycles. The average Bonchev–Trinajstić information content (AvgIpc) is 3.08. The second-order valence-electron chi connectivity index (χ2n) is 4.36. The first-order chi connectivity index (χ1) is 7.79. The highest BCUT2D eigenvalue weighted by Crippen LogP contribution is 2.40. The molecule has 1 heterocycles. The van der Waals surface area contributed by atoms with Crippen molar-refractivity contribution >= 4 is 16.7 Å². The van der Waals surface area contributed by atoms with Gasteiger partial charge in [-0.1, -0.05) is 12.1 Å². The van der Waals surface area contributed by atoms with E-state index in [1.807, 2.05) is 6.07 Å². The Morgan fingerprint density at radius 1 is 1.44 bits per heavy atom. The maximum Gasteiger partial charge on any atom is 0.190 e. The van der Waals surface area contributed by atoms with Crippen molar-refractivity contribution in [2.24, 2.45) is 0 Å². The van der Waals surface area contributed by atoms with Crippen LogP contribution in [0.4, 0.5) is 0 Å². The summed E-state index contributed by atoms with van der Waals surface area (Å²) in [5.74, 6) is 0.482. The Hall–Kier alpha value is -1.61. The van der Waals surface area contributed by atoms with Gasteiger partial charge in [-0.25, -0.2) is 0 Å². The topological polar surface area (TPSA) is 53.1 Å². The summed E-state index contributed by atoms with van der Waals surface area (Å²) in [7, 11) is 0. The van der Waals surface area contributed by atoms with Gasteiger partial charge in [-0.15, -0.1) is 0 Å². The Morgan fingerprint density at radius 3 is 2.94 bits per heavy atom. The molecule has 1 aromatic heterocycles. The van der Waals surface area contributed by atoms with Crippen LogP contribution < -0.4 is 0 Å². The summed E-state index contributed by atoms with van der Waals surface area (Å²) in [5.41, 5.74) is 2.92. The molecule has 3 heteroatoms. The Bertz CT molecular complexity index is 552. The fourth-order valence-electron chi connectivity index (χ4n) is 2.13. The lowest BCUT2D eigenvalue weighted by Gasteiger charge is -1.99. The van der Waals surface area contributed by atoms with E-state index in [0.717, 1.165) is 10.9 Å². The molecular weight excluding hydrogens is 202 g/mol. The number of carbonyl (C=O) groups excluding carboxylic acids is 1. The Morgan fingerprint density at radius 2 is 2.25 bits per heavy atom. The van der Waals surface area contributed by atoms with E-state index >= 15 is 0 Å². The quantitative estimate of drug-likeness (QED) is 0.771. The summed E-state index contributed by atoms with van der Waals surface area (Å²) in [4.78, 5) is 14.5. The van der Waals surface area contributed by atoms with Gasteiger partial charge in [-0.3, -0.25) is 4.79 Å². The second kappa shape index (κ2) is 3.46. The summed E-state index contributed by atoms with van der Waals surface area (Å²) < 4.78 is 0. The van der Waals surface area contributed by atoms with Gasteiger partial charge in [0.25, 0.3) is 0 Å². The molecular formula is C13H13NO2. The molecule has 2 N–H and O–H groups in total. The van der Waals surface area contributed by atoms with Crippen LogP contribution in [0.2, 0.25) is 0 Å². The molecule has 0 amide bonds. The normalized spacial score (nSPS) is 15.6. The smallest absolute Gasteiger partial charge is 0.190 e. The van der Waals surface area contributed by atoms with Crippen molar-refractivity contribution in [3.63, 3.8) is 0 Å². The molecule has 3 nitrogen and oxygen atoms in total. The molecule has 1 aliphatic carbocycles. The highest BCUT2D eigenvalue weighted by molar-refractivity contribution is 6.08. The Kier molecular flexibility index (Phi) is 2.07. The number of H-pyrrole nitrogens is 1. The number of nitrogens with one attached hydrogen (secondary N) is 1. The van der Waals surface area contributed by atoms with Crippen molar-refractivity contribution in [1.82, 2.24) is 4.98 Å². The SMILES string of the molecule is O=C(CO)c1c[nH]c2cc(C3CC3)ccc12. The van der Waals surface area contributed by atoms with Gasteiger partial charge in [-0.05, 0) is 30.4 Å². The monoisotopic (exact) mass is 215 g/mol. The molecule has 3 rings (SSSR count). The fourth-order valence-corrected chi connectivity index (χ4v) is 2.13.